The molecule has 2 aromatic rings. The number of carboxylic acids is 1. The van der Waals surface area contributed by atoms with Crippen LogP contribution in [0.3, 0.4) is 0 Å². The van der Waals surface area contributed by atoms with Crippen LogP contribution < -0.4 is 0 Å². The number of carboxylic acid groups (broad SMARTS) is 1. The Kier molecular flexibility index (Phi) is 2.99. The van der Waals surface area contributed by atoms with Crippen LogP contribution in [-0.2, 0) is 0 Å². The zero-order chi connectivity index (χ0) is 12.5. The van der Waals surface area contributed by atoms with E-state index in [1.54, 1.807) is 30.0 Å². The summed E-state index contributed by atoms with van der Waals surface area (Å²) in [6.45, 7) is 0. The SMILES string of the molecule is O=C(O)c1ccc2nc(SC3CCCC3)[nH]c2c1. The fourth-order valence-electron chi connectivity index (χ4n) is 2.34. The van der Waals surface area contributed by atoms with E-state index in [2.05, 4.69) is 9.97 Å². The van der Waals surface area contributed by atoms with Gasteiger partial charge >= 0.3 is 5.97 Å². The van der Waals surface area contributed by atoms with Crippen LogP contribution in [0.5, 0.6) is 0 Å². The number of imidazole rings is 1. The molecule has 1 aliphatic rings. The van der Waals surface area contributed by atoms with Crippen molar-refractivity contribution in [1.29, 1.82) is 0 Å². The summed E-state index contributed by atoms with van der Waals surface area (Å²) < 4.78 is 0. The highest BCUT2D eigenvalue weighted by Crippen LogP contribution is 2.34. The number of nitrogens with zero attached hydrogens (tertiary/aromatic N) is 1. The van der Waals surface area contributed by atoms with Gasteiger partial charge in [-0.3, -0.25) is 0 Å². The van der Waals surface area contributed by atoms with E-state index >= 15 is 0 Å². The van der Waals surface area contributed by atoms with E-state index < -0.39 is 5.97 Å². The quantitative estimate of drug-likeness (QED) is 0.890. The first-order valence-electron chi connectivity index (χ1n) is 6.12. The Morgan fingerprint density at radius 2 is 2.17 bits per heavy atom. The number of thioether (sulfide) groups is 1. The molecule has 5 heteroatoms. The van der Waals surface area contributed by atoms with Crippen LogP contribution in [0.15, 0.2) is 23.4 Å². The lowest BCUT2D eigenvalue weighted by Gasteiger charge is -2.03. The van der Waals surface area contributed by atoms with Crippen molar-refractivity contribution in [2.24, 2.45) is 0 Å². The van der Waals surface area contributed by atoms with E-state index in [0.717, 1.165) is 16.2 Å². The van der Waals surface area contributed by atoms with Crippen molar-refractivity contribution in [3.8, 4) is 0 Å². The third-order valence-corrected chi connectivity index (χ3v) is 4.51. The number of carbonyl (C=O) groups is 1. The highest BCUT2D eigenvalue weighted by atomic mass is 32.2. The van der Waals surface area contributed by atoms with E-state index in [1.165, 1.54) is 25.7 Å². The van der Waals surface area contributed by atoms with Crippen molar-refractivity contribution >= 4 is 28.8 Å². The number of aromatic amines is 1. The number of benzene rings is 1. The predicted octanol–water partition coefficient (Wildman–Crippen LogP) is 3.30. The highest BCUT2D eigenvalue weighted by Gasteiger charge is 2.18. The Morgan fingerprint density at radius 1 is 1.39 bits per heavy atom. The van der Waals surface area contributed by atoms with Crippen LogP contribution in [0.1, 0.15) is 36.0 Å². The summed E-state index contributed by atoms with van der Waals surface area (Å²) in [4.78, 5) is 18.6. The van der Waals surface area contributed by atoms with Crippen LogP contribution in [0.25, 0.3) is 11.0 Å². The topological polar surface area (TPSA) is 66.0 Å². The van der Waals surface area contributed by atoms with Crippen LogP contribution >= 0.6 is 11.8 Å². The molecule has 1 aromatic carbocycles. The molecule has 4 nitrogen and oxygen atoms in total. The molecule has 0 atom stereocenters. The second-order valence-electron chi connectivity index (χ2n) is 4.60. The molecule has 1 fully saturated rings. The van der Waals surface area contributed by atoms with Gasteiger partial charge in [0.1, 0.15) is 0 Å². The van der Waals surface area contributed by atoms with Crippen molar-refractivity contribution in [3.63, 3.8) is 0 Å². The van der Waals surface area contributed by atoms with Crippen molar-refractivity contribution in [1.82, 2.24) is 9.97 Å². The van der Waals surface area contributed by atoms with Gasteiger partial charge < -0.3 is 10.1 Å². The fourth-order valence-corrected chi connectivity index (χ4v) is 3.54. The van der Waals surface area contributed by atoms with Gasteiger partial charge in [-0.05, 0) is 31.0 Å². The van der Waals surface area contributed by atoms with E-state index in [-0.39, 0.29) is 0 Å². The summed E-state index contributed by atoms with van der Waals surface area (Å²) in [7, 11) is 0. The van der Waals surface area contributed by atoms with Crippen molar-refractivity contribution in [3.05, 3.63) is 23.8 Å². The molecular weight excluding hydrogens is 248 g/mol. The average Bonchev–Trinajstić information content (AvgIpc) is 2.96. The maximum absolute atomic E-state index is 10.9. The molecule has 2 N–H and O–H groups in total. The largest absolute Gasteiger partial charge is 0.478 e. The number of fused-ring (bicyclic) bond motifs is 1. The molecule has 18 heavy (non-hydrogen) atoms. The number of aromatic nitrogens is 2. The standard InChI is InChI=1S/C13H14N2O2S/c16-12(17)8-5-6-10-11(7-8)15-13(14-10)18-9-3-1-2-4-9/h5-7,9H,1-4H2,(H,14,15)(H,16,17). The molecule has 1 heterocycles. The summed E-state index contributed by atoms with van der Waals surface area (Å²) in [5.41, 5.74) is 1.93. The lowest BCUT2D eigenvalue weighted by atomic mass is 10.2. The zero-order valence-corrected chi connectivity index (χ0v) is 10.7. The Labute approximate surface area is 109 Å². The summed E-state index contributed by atoms with van der Waals surface area (Å²) in [6.07, 6.45) is 5.12. The summed E-state index contributed by atoms with van der Waals surface area (Å²) in [5.74, 6) is -0.906. The van der Waals surface area contributed by atoms with Gasteiger partial charge in [-0.1, -0.05) is 24.6 Å². The molecule has 3 rings (SSSR count). The summed E-state index contributed by atoms with van der Waals surface area (Å²) in [6, 6.07) is 4.99. The molecule has 0 aliphatic heterocycles. The minimum Gasteiger partial charge on any atom is -0.478 e. The third-order valence-electron chi connectivity index (χ3n) is 3.29. The van der Waals surface area contributed by atoms with E-state index in [1.807, 2.05) is 0 Å². The van der Waals surface area contributed by atoms with Crippen molar-refractivity contribution in [2.75, 3.05) is 0 Å². The number of hydrogen-bond donors (Lipinski definition) is 2. The third kappa shape index (κ3) is 2.22. The Hall–Kier alpha value is -1.49. The minimum atomic E-state index is -0.906. The second-order valence-corrected chi connectivity index (χ2v) is 5.89. The summed E-state index contributed by atoms with van der Waals surface area (Å²) >= 11 is 1.78. The van der Waals surface area contributed by atoms with Gasteiger partial charge in [-0.25, -0.2) is 9.78 Å². The monoisotopic (exact) mass is 262 g/mol. The number of rotatable bonds is 3. The van der Waals surface area contributed by atoms with Gasteiger partial charge in [-0.15, -0.1) is 0 Å². The molecule has 0 radical (unpaired) electrons. The number of aromatic carboxylic acids is 1. The molecule has 0 spiro atoms. The lowest BCUT2D eigenvalue weighted by Crippen LogP contribution is -1.94. The number of nitrogens with one attached hydrogen (secondary N) is 1. The number of hydrogen-bond acceptors (Lipinski definition) is 3. The van der Waals surface area contributed by atoms with E-state index in [4.69, 9.17) is 5.11 Å². The Morgan fingerprint density at radius 3 is 2.89 bits per heavy atom. The van der Waals surface area contributed by atoms with Gasteiger partial charge in [0.05, 0.1) is 16.6 Å². The van der Waals surface area contributed by atoms with Gasteiger partial charge in [0.25, 0.3) is 0 Å². The second kappa shape index (κ2) is 4.65. The molecule has 0 amide bonds. The van der Waals surface area contributed by atoms with Crippen molar-refractivity contribution < 1.29 is 9.90 Å². The van der Waals surface area contributed by atoms with Crippen LogP contribution in [-0.4, -0.2) is 26.3 Å². The number of H-pyrrole nitrogens is 1. The average molecular weight is 262 g/mol. The van der Waals surface area contributed by atoms with Crippen LogP contribution in [0, 0.1) is 0 Å². The smallest absolute Gasteiger partial charge is 0.335 e. The molecule has 1 aliphatic carbocycles. The fraction of sp³-hybridized carbons (Fsp3) is 0.385. The van der Waals surface area contributed by atoms with Gasteiger partial charge in [0.15, 0.2) is 5.16 Å². The maximum atomic E-state index is 10.9. The molecule has 1 saturated carbocycles. The molecule has 0 unspecified atom stereocenters. The van der Waals surface area contributed by atoms with Crippen LogP contribution in [0.4, 0.5) is 0 Å². The van der Waals surface area contributed by atoms with Gasteiger partial charge in [0.2, 0.25) is 0 Å². The van der Waals surface area contributed by atoms with Crippen molar-refractivity contribution in [2.45, 2.75) is 36.1 Å². The lowest BCUT2D eigenvalue weighted by molar-refractivity contribution is 0.0697. The highest BCUT2D eigenvalue weighted by molar-refractivity contribution is 7.99. The Balaban J connectivity index is 1.87. The summed E-state index contributed by atoms with van der Waals surface area (Å²) in [5, 5.41) is 10.5. The van der Waals surface area contributed by atoms with Gasteiger partial charge in [0, 0.05) is 5.25 Å². The molecule has 1 aromatic heterocycles. The zero-order valence-electron chi connectivity index (χ0n) is 9.85. The molecule has 0 bridgehead atoms. The maximum Gasteiger partial charge on any atom is 0.335 e. The first-order valence-corrected chi connectivity index (χ1v) is 7.00. The molecule has 94 valence electrons. The first-order chi connectivity index (χ1) is 8.72. The molecular formula is C13H14N2O2S. The van der Waals surface area contributed by atoms with Crippen LogP contribution in [0.2, 0.25) is 0 Å². The predicted molar refractivity (Wildman–Crippen MR) is 71.2 cm³/mol. The molecule has 0 saturated heterocycles. The van der Waals surface area contributed by atoms with Gasteiger partial charge in [-0.2, -0.15) is 0 Å². The minimum absolute atomic E-state index is 0.295. The van der Waals surface area contributed by atoms with E-state index in [9.17, 15) is 4.79 Å². The Bertz CT molecular complexity index is 588. The normalized spacial score (nSPS) is 16.4. The first kappa shape index (κ1) is 11.6. The van der Waals surface area contributed by atoms with E-state index in [0.29, 0.717) is 10.8 Å².